The van der Waals surface area contributed by atoms with Crippen molar-refractivity contribution in [2.45, 2.75) is 32.4 Å². The summed E-state index contributed by atoms with van der Waals surface area (Å²) in [5.41, 5.74) is 1.79. The first kappa shape index (κ1) is 20.8. The Kier molecular flexibility index (Phi) is 7.67. The molecule has 0 fully saturated rings. The number of methoxy groups -OCH3 is 1. The molecule has 0 heterocycles. The lowest BCUT2D eigenvalue weighted by molar-refractivity contribution is -0.140. The van der Waals surface area contributed by atoms with E-state index in [0.29, 0.717) is 18.0 Å². The van der Waals surface area contributed by atoms with Gasteiger partial charge >= 0.3 is 0 Å². The monoisotopic (exact) mass is 388 g/mol. The lowest BCUT2D eigenvalue weighted by atomic mass is 10.1. The highest BCUT2D eigenvalue weighted by Crippen LogP contribution is 2.18. The minimum atomic E-state index is -0.531. The van der Waals surface area contributed by atoms with Gasteiger partial charge in [-0.25, -0.2) is 0 Å². The van der Waals surface area contributed by atoms with Crippen molar-refractivity contribution in [3.05, 3.63) is 64.7 Å². The molecule has 0 radical (unpaired) electrons. The van der Waals surface area contributed by atoms with Crippen molar-refractivity contribution in [3.8, 4) is 5.75 Å². The Morgan fingerprint density at radius 3 is 2.19 bits per heavy atom. The first-order valence-corrected chi connectivity index (χ1v) is 9.24. The number of hydrogen-bond donors (Lipinski definition) is 1. The van der Waals surface area contributed by atoms with Crippen LogP contribution < -0.4 is 10.1 Å². The zero-order valence-electron chi connectivity index (χ0n) is 15.9. The number of benzene rings is 2. The number of nitrogens with zero attached hydrogens (tertiary/aromatic N) is 1. The van der Waals surface area contributed by atoms with Gasteiger partial charge in [-0.1, -0.05) is 42.8 Å². The average molecular weight is 389 g/mol. The first-order valence-electron chi connectivity index (χ1n) is 8.87. The molecule has 2 rings (SSSR count). The molecule has 0 spiro atoms. The third-order valence-electron chi connectivity index (χ3n) is 4.41. The number of rotatable bonds is 8. The normalized spacial score (nSPS) is 11.6. The van der Waals surface area contributed by atoms with E-state index in [2.05, 4.69) is 5.32 Å². The molecule has 144 valence electrons. The molecule has 0 bridgehead atoms. The standard InChI is InChI=1S/C21H25ClN2O3/c1-4-19(21(26)23-2)24(14-16-5-9-17(22)10-6-16)20(25)13-15-7-11-18(27-3)12-8-15/h5-12,19H,4,13-14H2,1-3H3,(H,23,26). The zero-order valence-corrected chi connectivity index (χ0v) is 16.6. The van der Waals surface area contributed by atoms with Crippen LogP contribution in [0.3, 0.4) is 0 Å². The van der Waals surface area contributed by atoms with Crippen molar-refractivity contribution >= 4 is 23.4 Å². The minimum Gasteiger partial charge on any atom is -0.497 e. The van der Waals surface area contributed by atoms with Gasteiger partial charge in [0.1, 0.15) is 11.8 Å². The lowest BCUT2D eigenvalue weighted by Gasteiger charge is -2.30. The van der Waals surface area contributed by atoms with Crippen LogP contribution in [0.25, 0.3) is 0 Å². The van der Waals surface area contributed by atoms with Crippen molar-refractivity contribution in [1.82, 2.24) is 10.2 Å². The Morgan fingerprint density at radius 1 is 1.07 bits per heavy atom. The van der Waals surface area contributed by atoms with Crippen molar-refractivity contribution < 1.29 is 14.3 Å². The number of hydrogen-bond acceptors (Lipinski definition) is 3. The highest BCUT2D eigenvalue weighted by atomic mass is 35.5. The van der Waals surface area contributed by atoms with E-state index in [1.165, 1.54) is 0 Å². The maximum atomic E-state index is 13.0. The van der Waals surface area contributed by atoms with Crippen molar-refractivity contribution in [1.29, 1.82) is 0 Å². The average Bonchev–Trinajstić information content (AvgIpc) is 2.69. The molecule has 2 amide bonds. The summed E-state index contributed by atoms with van der Waals surface area (Å²) in [6.45, 7) is 2.24. The van der Waals surface area contributed by atoms with Gasteiger partial charge in [-0.15, -0.1) is 0 Å². The van der Waals surface area contributed by atoms with Gasteiger partial charge in [0.05, 0.1) is 13.5 Å². The number of amides is 2. The van der Waals surface area contributed by atoms with Crippen LogP contribution in [0, 0.1) is 0 Å². The smallest absolute Gasteiger partial charge is 0.242 e. The number of likely N-dealkylation sites (N-methyl/N-ethyl adjacent to an activating group) is 1. The van der Waals surface area contributed by atoms with Crippen LogP contribution in [-0.2, 0) is 22.6 Å². The van der Waals surface area contributed by atoms with Crippen molar-refractivity contribution in [3.63, 3.8) is 0 Å². The lowest BCUT2D eigenvalue weighted by Crippen LogP contribution is -2.48. The third kappa shape index (κ3) is 5.73. The van der Waals surface area contributed by atoms with E-state index in [9.17, 15) is 9.59 Å². The molecule has 0 aliphatic carbocycles. The Bertz CT molecular complexity index is 760. The second-order valence-corrected chi connectivity index (χ2v) is 6.65. The third-order valence-corrected chi connectivity index (χ3v) is 4.66. The van der Waals surface area contributed by atoms with Gasteiger partial charge in [0.25, 0.3) is 0 Å². The maximum Gasteiger partial charge on any atom is 0.242 e. The fourth-order valence-electron chi connectivity index (χ4n) is 2.89. The van der Waals surface area contributed by atoms with Crippen LogP contribution in [0.1, 0.15) is 24.5 Å². The van der Waals surface area contributed by atoms with E-state index in [0.717, 1.165) is 16.9 Å². The van der Waals surface area contributed by atoms with Crippen LogP contribution in [0.5, 0.6) is 5.75 Å². The molecule has 0 aromatic heterocycles. The summed E-state index contributed by atoms with van der Waals surface area (Å²) in [5.74, 6) is 0.459. The molecule has 0 saturated heterocycles. The Morgan fingerprint density at radius 2 is 1.67 bits per heavy atom. The van der Waals surface area contributed by atoms with Crippen LogP contribution >= 0.6 is 11.6 Å². The molecule has 0 aliphatic rings. The second kappa shape index (κ2) is 9.97. The minimum absolute atomic E-state index is 0.106. The van der Waals surface area contributed by atoms with Gasteiger partial charge < -0.3 is 15.0 Å². The van der Waals surface area contributed by atoms with Gasteiger partial charge in [-0.3, -0.25) is 9.59 Å². The van der Waals surface area contributed by atoms with E-state index >= 15 is 0 Å². The Balaban J connectivity index is 2.24. The summed E-state index contributed by atoms with van der Waals surface area (Å²) in [7, 11) is 3.18. The van der Waals surface area contributed by atoms with Crippen molar-refractivity contribution in [2.75, 3.05) is 14.2 Å². The summed E-state index contributed by atoms with van der Waals surface area (Å²) in [6.07, 6.45) is 0.743. The molecule has 27 heavy (non-hydrogen) atoms. The van der Waals surface area contributed by atoms with E-state index in [-0.39, 0.29) is 18.2 Å². The molecule has 1 unspecified atom stereocenters. The quantitative estimate of drug-likeness (QED) is 0.753. The Labute approximate surface area is 165 Å². The SMILES string of the molecule is CCC(C(=O)NC)N(Cc1ccc(Cl)cc1)C(=O)Cc1ccc(OC)cc1. The largest absolute Gasteiger partial charge is 0.497 e. The number of carbonyl (C=O) groups excluding carboxylic acids is 2. The molecular formula is C21H25ClN2O3. The summed E-state index contributed by atoms with van der Waals surface area (Å²) < 4.78 is 5.15. The van der Waals surface area contributed by atoms with E-state index in [4.69, 9.17) is 16.3 Å². The Hall–Kier alpha value is -2.53. The van der Waals surface area contributed by atoms with Gasteiger partial charge in [0.15, 0.2) is 0 Å². The number of nitrogens with one attached hydrogen (secondary N) is 1. The topological polar surface area (TPSA) is 58.6 Å². The fraction of sp³-hybridized carbons (Fsp3) is 0.333. The molecular weight excluding hydrogens is 364 g/mol. The van der Waals surface area contributed by atoms with Gasteiger partial charge in [0.2, 0.25) is 11.8 Å². The molecule has 1 atom stereocenters. The summed E-state index contributed by atoms with van der Waals surface area (Å²) in [6, 6.07) is 14.1. The van der Waals surface area contributed by atoms with Crippen LogP contribution in [0.15, 0.2) is 48.5 Å². The van der Waals surface area contributed by atoms with E-state index < -0.39 is 6.04 Å². The predicted octanol–water partition coefficient (Wildman–Crippen LogP) is 3.44. The van der Waals surface area contributed by atoms with Crippen LogP contribution in [-0.4, -0.2) is 36.9 Å². The van der Waals surface area contributed by atoms with E-state index in [1.807, 2.05) is 43.3 Å². The van der Waals surface area contributed by atoms with Gasteiger partial charge in [-0.05, 0) is 41.8 Å². The second-order valence-electron chi connectivity index (χ2n) is 6.21. The first-order chi connectivity index (χ1) is 13.0. The number of carbonyl (C=O) groups is 2. The molecule has 2 aromatic rings. The predicted molar refractivity (Wildman–Crippen MR) is 107 cm³/mol. The maximum absolute atomic E-state index is 13.0. The summed E-state index contributed by atoms with van der Waals surface area (Å²) >= 11 is 5.95. The molecule has 6 heteroatoms. The van der Waals surface area contributed by atoms with Crippen molar-refractivity contribution in [2.24, 2.45) is 0 Å². The highest BCUT2D eigenvalue weighted by Gasteiger charge is 2.27. The molecule has 2 aromatic carbocycles. The molecule has 1 N–H and O–H groups in total. The zero-order chi connectivity index (χ0) is 19.8. The van der Waals surface area contributed by atoms with Crippen LogP contribution in [0.4, 0.5) is 0 Å². The molecule has 0 aliphatic heterocycles. The number of ether oxygens (including phenoxy) is 1. The van der Waals surface area contributed by atoms with Crippen LogP contribution in [0.2, 0.25) is 5.02 Å². The van der Waals surface area contributed by atoms with E-state index in [1.54, 1.807) is 31.2 Å². The number of halogens is 1. The summed E-state index contributed by atoms with van der Waals surface area (Å²) in [5, 5.41) is 3.29. The summed E-state index contributed by atoms with van der Waals surface area (Å²) in [4.78, 5) is 27.0. The van der Waals surface area contributed by atoms with Gasteiger partial charge in [0, 0.05) is 18.6 Å². The molecule has 0 saturated carbocycles. The fourth-order valence-corrected chi connectivity index (χ4v) is 3.02. The van der Waals surface area contributed by atoms with Gasteiger partial charge in [-0.2, -0.15) is 0 Å². The molecule has 5 nitrogen and oxygen atoms in total. The highest BCUT2D eigenvalue weighted by molar-refractivity contribution is 6.30.